The third kappa shape index (κ3) is 5.47. The van der Waals surface area contributed by atoms with Crippen LogP contribution in [0.1, 0.15) is 32.6 Å². The zero-order valence-electron chi connectivity index (χ0n) is 19.0. The molecule has 2 N–H and O–H groups in total. The molecule has 1 aromatic carbocycles. The van der Waals surface area contributed by atoms with Crippen molar-refractivity contribution in [1.82, 2.24) is 24.7 Å². The number of piperazine rings is 1. The molecule has 2 aromatic rings. The number of rotatable bonds is 7. The van der Waals surface area contributed by atoms with E-state index in [-0.39, 0.29) is 17.4 Å². The summed E-state index contributed by atoms with van der Waals surface area (Å²) in [5, 5.41) is 3.83. The predicted octanol–water partition coefficient (Wildman–Crippen LogP) is 2.62. The van der Waals surface area contributed by atoms with Gasteiger partial charge in [-0.2, -0.15) is 0 Å². The highest BCUT2D eigenvalue weighted by molar-refractivity contribution is 7.71. The minimum Gasteiger partial charge on any atom is -0.355 e. The number of aromatic nitrogens is 2. The lowest BCUT2D eigenvalue weighted by atomic mass is 9.81. The van der Waals surface area contributed by atoms with E-state index < -0.39 is 0 Å². The van der Waals surface area contributed by atoms with Gasteiger partial charge in [0, 0.05) is 51.7 Å². The Hall–Kier alpha value is -2.03. The van der Waals surface area contributed by atoms with Gasteiger partial charge in [0.1, 0.15) is 0 Å². The van der Waals surface area contributed by atoms with E-state index in [9.17, 15) is 9.59 Å². The molecule has 32 heavy (non-hydrogen) atoms. The average Bonchev–Trinajstić information content (AvgIpc) is 2.82. The number of para-hydroxylation sites is 1. The number of fused-ring (bicyclic) bond motifs is 1. The standard InChI is InChI=1S/C24H35N5O2S/c1-2-27-13-15-28(16-14-27)12-11-25-22(30)19-9-7-18(8-10-19)17-29-23(31)20-5-3-4-6-21(20)26-24(29)32/h3-6,18-19H,2,7-17H2,1H3,(H,25,30)(H,26,32). The quantitative estimate of drug-likeness (QED) is 0.626. The van der Waals surface area contributed by atoms with Gasteiger partial charge in [-0.3, -0.25) is 19.1 Å². The van der Waals surface area contributed by atoms with E-state index >= 15 is 0 Å². The van der Waals surface area contributed by atoms with Gasteiger partial charge in [-0.15, -0.1) is 0 Å². The number of amides is 1. The normalized spacial score (nSPS) is 22.8. The molecule has 0 spiro atoms. The number of likely N-dealkylation sites (N-methyl/N-ethyl adjacent to an activating group) is 1. The number of nitrogens with one attached hydrogen (secondary N) is 2. The lowest BCUT2D eigenvalue weighted by Crippen LogP contribution is -2.48. The van der Waals surface area contributed by atoms with E-state index in [2.05, 4.69) is 27.0 Å². The zero-order chi connectivity index (χ0) is 22.5. The van der Waals surface area contributed by atoms with Crippen molar-refractivity contribution in [2.75, 3.05) is 45.8 Å². The van der Waals surface area contributed by atoms with Gasteiger partial charge in [-0.05, 0) is 62.5 Å². The van der Waals surface area contributed by atoms with Crippen LogP contribution in [0.15, 0.2) is 29.1 Å². The van der Waals surface area contributed by atoms with Crippen LogP contribution in [0.4, 0.5) is 0 Å². The maximum absolute atomic E-state index is 12.9. The summed E-state index contributed by atoms with van der Waals surface area (Å²) < 4.78 is 2.18. The number of H-pyrrole nitrogens is 1. The van der Waals surface area contributed by atoms with E-state index in [1.807, 2.05) is 24.3 Å². The molecule has 1 saturated carbocycles. The molecule has 2 fully saturated rings. The SMILES string of the molecule is CCN1CCN(CCNC(=O)C2CCC(Cn3c(=S)[nH]c4ccccc4c3=O)CC2)CC1. The third-order valence-corrected chi connectivity index (χ3v) is 7.51. The van der Waals surface area contributed by atoms with Gasteiger partial charge in [0.15, 0.2) is 4.77 Å². The van der Waals surface area contributed by atoms with E-state index in [1.54, 1.807) is 4.57 Å². The third-order valence-electron chi connectivity index (χ3n) is 7.19. The van der Waals surface area contributed by atoms with Crippen molar-refractivity contribution in [2.24, 2.45) is 11.8 Å². The molecule has 0 unspecified atom stereocenters. The maximum Gasteiger partial charge on any atom is 0.262 e. The first-order valence-electron chi connectivity index (χ1n) is 12.0. The molecule has 174 valence electrons. The summed E-state index contributed by atoms with van der Waals surface area (Å²) in [5.74, 6) is 0.657. The number of carbonyl (C=O) groups is 1. The summed E-state index contributed by atoms with van der Waals surface area (Å²) >= 11 is 5.45. The minimum absolute atomic E-state index is 0.0241. The lowest BCUT2D eigenvalue weighted by molar-refractivity contribution is -0.126. The van der Waals surface area contributed by atoms with Crippen LogP contribution >= 0.6 is 12.2 Å². The second-order valence-electron chi connectivity index (χ2n) is 9.18. The molecule has 0 radical (unpaired) electrons. The van der Waals surface area contributed by atoms with Crippen LogP contribution in [-0.2, 0) is 11.3 Å². The van der Waals surface area contributed by atoms with Crippen LogP contribution in [0.2, 0.25) is 0 Å². The fourth-order valence-corrected chi connectivity index (χ4v) is 5.31. The molecule has 1 aliphatic carbocycles. The van der Waals surface area contributed by atoms with Crippen molar-refractivity contribution in [1.29, 1.82) is 0 Å². The van der Waals surface area contributed by atoms with Gasteiger partial charge in [0.05, 0.1) is 10.9 Å². The van der Waals surface area contributed by atoms with Crippen LogP contribution < -0.4 is 10.9 Å². The molecule has 2 heterocycles. The number of carbonyl (C=O) groups excluding carboxylic acids is 1. The van der Waals surface area contributed by atoms with Gasteiger partial charge >= 0.3 is 0 Å². The maximum atomic E-state index is 12.9. The number of hydrogen-bond acceptors (Lipinski definition) is 5. The molecule has 0 bridgehead atoms. The average molecular weight is 458 g/mol. The molecule has 1 saturated heterocycles. The van der Waals surface area contributed by atoms with Crippen LogP contribution in [0.3, 0.4) is 0 Å². The highest BCUT2D eigenvalue weighted by atomic mass is 32.1. The number of hydrogen-bond donors (Lipinski definition) is 2. The van der Waals surface area contributed by atoms with Gasteiger partial charge in [0.25, 0.3) is 5.56 Å². The summed E-state index contributed by atoms with van der Waals surface area (Å²) in [6.45, 7) is 10.0. The van der Waals surface area contributed by atoms with Crippen LogP contribution in [-0.4, -0.2) is 71.1 Å². The van der Waals surface area contributed by atoms with Gasteiger partial charge in [0.2, 0.25) is 5.91 Å². The topological polar surface area (TPSA) is 73.4 Å². The molecular weight excluding hydrogens is 422 g/mol. The van der Waals surface area contributed by atoms with E-state index in [0.717, 1.165) is 77.0 Å². The smallest absolute Gasteiger partial charge is 0.262 e. The molecule has 8 heteroatoms. The van der Waals surface area contributed by atoms with E-state index in [4.69, 9.17) is 12.2 Å². The van der Waals surface area contributed by atoms with Gasteiger partial charge in [-0.1, -0.05) is 19.1 Å². The van der Waals surface area contributed by atoms with Gasteiger partial charge < -0.3 is 15.2 Å². The Bertz CT molecular complexity index is 1030. The first-order valence-corrected chi connectivity index (χ1v) is 12.4. The molecule has 1 aliphatic heterocycles. The summed E-state index contributed by atoms with van der Waals surface area (Å²) in [5.41, 5.74) is 0.760. The monoisotopic (exact) mass is 457 g/mol. The van der Waals surface area contributed by atoms with Crippen LogP contribution in [0.5, 0.6) is 0 Å². The van der Waals surface area contributed by atoms with Crippen molar-refractivity contribution in [2.45, 2.75) is 39.2 Å². The molecular formula is C24H35N5O2S. The molecule has 4 rings (SSSR count). The van der Waals surface area contributed by atoms with E-state index in [1.165, 1.54) is 0 Å². The first-order chi connectivity index (χ1) is 15.5. The van der Waals surface area contributed by atoms with E-state index in [0.29, 0.717) is 22.6 Å². The first kappa shape index (κ1) is 23.1. The Morgan fingerprint density at radius 1 is 1.09 bits per heavy atom. The minimum atomic E-state index is -0.0241. The Kier molecular flexibility index (Phi) is 7.75. The largest absolute Gasteiger partial charge is 0.355 e. The Morgan fingerprint density at radius 3 is 2.50 bits per heavy atom. The fraction of sp³-hybridized carbons (Fsp3) is 0.625. The predicted molar refractivity (Wildman–Crippen MR) is 130 cm³/mol. The molecule has 2 aliphatic rings. The van der Waals surface area contributed by atoms with Crippen molar-refractivity contribution < 1.29 is 4.79 Å². The Morgan fingerprint density at radius 2 is 1.78 bits per heavy atom. The zero-order valence-corrected chi connectivity index (χ0v) is 19.8. The summed E-state index contributed by atoms with van der Waals surface area (Å²) in [4.78, 5) is 33.6. The number of aromatic amines is 1. The van der Waals surface area contributed by atoms with Crippen molar-refractivity contribution in [3.63, 3.8) is 0 Å². The number of nitrogens with zero attached hydrogens (tertiary/aromatic N) is 3. The highest BCUT2D eigenvalue weighted by Gasteiger charge is 2.27. The Labute approximate surface area is 194 Å². The second-order valence-corrected chi connectivity index (χ2v) is 9.56. The molecule has 7 nitrogen and oxygen atoms in total. The lowest BCUT2D eigenvalue weighted by Gasteiger charge is -2.34. The van der Waals surface area contributed by atoms with Crippen molar-refractivity contribution >= 4 is 29.0 Å². The van der Waals surface area contributed by atoms with Crippen LogP contribution in [0.25, 0.3) is 10.9 Å². The van der Waals surface area contributed by atoms with Crippen molar-refractivity contribution in [3.05, 3.63) is 39.4 Å². The Balaban J connectivity index is 1.23. The van der Waals surface area contributed by atoms with Crippen LogP contribution in [0, 0.1) is 16.6 Å². The molecule has 1 amide bonds. The summed E-state index contributed by atoms with van der Waals surface area (Å²) in [7, 11) is 0. The van der Waals surface area contributed by atoms with Crippen molar-refractivity contribution in [3.8, 4) is 0 Å². The fourth-order valence-electron chi connectivity index (χ4n) is 5.04. The molecule has 1 aromatic heterocycles. The second kappa shape index (κ2) is 10.7. The number of benzene rings is 1. The highest BCUT2D eigenvalue weighted by Crippen LogP contribution is 2.30. The summed E-state index contributed by atoms with van der Waals surface area (Å²) in [6, 6.07) is 7.49. The molecule has 0 atom stereocenters. The summed E-state index contributed by atoms with van der Waals surface area (Å²) in [6.07, 6.45) is 3.66. The van der Waals surface area contributed by atoms with Gasteiger partial charge in [-0.25, -0.2) is 0 Å².